The molecule has 0 unspecified atom stereocenters. The van der Waals surface area contributed by atoms with Crippen molar-refractivity contribution in [3.8, 4) is 11.1 Å². The van der Waals surface area contributed by atoms with Crippen molar-refractivity contribution in [3.63, 3.8) is 0 Å². The average molecular weight is 929 g/mol. The van der Waals surface area contributed by atoms with Gasteiger partial charge in [0, 0.05) is 5.41 Å². The zero-order valence-electron chi connectivity index (χ0n) is 40.3. The van der Waals surface area contributed by atoms with E-state index in [4.69, 9.17) is 0 Å². The summed E-state index contributed by atoms with van der Waals surface area (Å²) in [5, 5.41) is 0. The van der Waals surface area contributed by atoms with Crippen LogP contribution in [0.1, 0.15) is 183 Å². The number of fused-ring (bicyclic) bond motifs is 5. The molecule has 3 heteroatoms. The van der Waals surface area contributed by atoms with Gasteiger partial charge in [0.1, 0.15) is 0 Å². The number of aryl methyl sites for hydroxylation is 2. The van der Waals surface area contributed by atoms with Gasteiger partial charge >= 0.3 is 151 Å². The van der Waals surface area contributed by atoms with Gasteiger partial charge in [0.05, 0.1) is 0 Å². The number of hydrogen-bond donors (Lipinski definition) is 0. The second-order valence-corrected chi connectivity index (χ2v) is 23.0. The van der Waals surface area contributed by atoms with E-state index in [0.29, 0.717) is 5.41 Å². The van der Waals surface area contributed by atoms with Crippen molar-refractivity contribution in [3.05, 3.63) is 169 Å². The minimum absolute atomic E-state index is 0. The van der Waals surface area contributed by atoms with Crippen LogP contribution in [0.4, 0.5) is 0 Å². The van der Waals surface area contributed by atoms with Crippen LogP contribution in [0.2, 0.25) is 0 Å². The number of halogens is 2. The zero-order valence-corrected chi connectivity index (χ0v) is 44.3. The molecule has 0 aliphatic heterocycles. The predicted molar refractivity (Wildman–Crippen MR) is 255 cm³/mol. The molecule has 0 saturated carbocycles. The first kappa shape index (κ1) is 50.7. The van der Waals surface area contributed by atoms with Gasteiger partial charge in [-0.2, -0.15) is 28.3 Å². The van der Waals surface area contributed by atoms with Gasteiger partial charge in [-0.15, -0.1) is 11.6 Å². The van der Waals surface area contributed by atoms with Gasteiger partial charge in [-0.3, -0.25) is 6.08 Å². The van der Waals surface area contributed by atoms with Crippen LogP contribution in [0.3, 0.4) is 0 Å². The summed E-state index contributed by atoms with van der Waals surface area (Å²) in [5.41, 5.74) is 25.2. The molecule has 0 heterocycles. The van der Waals surface area contributed by atoms with Gasteiger partial charge in [-0.05, 0) is 58.4 Å². The molecule has 3 aliphatic carbocycles. The minimum atomic E-state index is 0. The molecule has 61 heavy (non-hydrogen) atoms. The van der Waals surface area contributed by atoms with E-state index >= 15 is 0 Å². The van der Waals surface area contributed by atoms with Crippen molar-refractivity contribution in [2.75, 3.05) is 0 Å². The summed E-state index contributed by atoms with van der Waals surface area (Å²) in [4.78, 5) is 0. The zero-order chi connectivity index (χ0) is 43.6. The molecule has 3 aliphatic rings. The van der Waals surface area contributed by atoms with Crippen LogP contribution in [-0.2, 0) is 64.2 Å². The predicted octanol–water partition coefficient (Wildman–Crippen LogP) is 9.43. The Morgan fingerprint density at radius 3 is 1.51 bits per heavy atom. The molecule has 0 amide bonds. The summed E-state index contributed by atoms with van der Waals surface area (Å²) in [6.45, 7) is 38.5. The fourth-order valence-corrected chi connectivity index (χ4v) is 10.2. The van der Waals surface area contributed by atoms with Crippen molar-refractivity contribution in [1.82, 2.24) is 0 Å². The van der Waals surface area contributed by atoms with Gasteiger partial charge in [-0.1, -0.05) is 105 Å². The number of rotatable bonds is 3. The third-order valence-electron chi connectivity index (χ3n) is 12.8. The molecule has 0 fully saturated rings. The summed E-state index contributed by atoms with van der Waals surface area (Å²) >= 11 is 1.46. The summed E-state index contributed by atoms with van der Waals surface area (Å²) in [6, 6.07) is 32.6. The van der Waals surface area contributed by atoms with Crippen LogP contribution >= 0.6 is 0 Å². The van der Waals surface area contributed by atoms with E-state index in [9.17, 15) is 0 Å². The molecule has 8 rings (SSSR count). The quantitative estimate of drug-likeness (QED) is 0.155. The first-order valence-corrected chi connectivity index (χ1v) is 23.2. The van der Waals surface area contributed by atoms with Crippen LogP contribution in [0.5, 0.6) is 0 Å². The minimum Gasteiger partial charge on any atom is -1.00 e. The molecule has 5 aromatic carbocycles. The van der Waals surface area contributed by atoms with E-state index in [1.807, 2.05) is 0 Å². The number of benzene rings is 4. The molecule has 0 nitrogen and oxygen atoms in total. The van der Waals surface area contributed by atoms with Crippen molar-refractivity contribution < 1.29 is 49.0 Å². The first-order chi connectivity index (χ1) is 27.2. The molecule has 0 bridgehead atoms. The third kappa shape index (κ3) is 10.7. The van der Waals surface area contributed by atoms with Crippen molar-refractivity contribution in [1.29, 1.82) is 0 Å². The van der Waals surface area contributed by atoms with E-state index in [2.05, 4.69) is 215 Å². The Balaban J connectivity index is 0.000000210. The van der Waals surface area contributed by atoms with E-state index in [0.717, 1.165) is 12.8 Å². The second-order valence-electron chi connectivity index (χ2n) is 21.8. The van der Waals surface area contributed by atoms with Crippen LogP contribution in [0.15, 0.2) is 91.0 Å². The SMILES string of the molecule is CC(C)(C)c1ccc([C](=[Zr+2])c2ccc(C(C)(C)C)cc2)cc1.CC1=[C-]C(C)(C)c2cc3c(cc21)-c1cc2c(cc1C3)C(C)(C)C=C2C.CCc1[cH-]c(C)cc1C(C)(C)C.[Cl-].[Cl-]. The standard InChI is InChI=1S/C25H25.C21H26.C12H19.2ClH.Zr/c1-14-12-24(3,4)22-8-16-7-17-9-23-19(15(2)13-25(23,5)6)11-21(17)20(16)10-18(14)22;1-20(2,3)18-11-7-16(8-12-18)15-17-9-13-19(14-10-17)21(4,5)6;1-6-10-7-9(2)8-11(10)12(3,4)5;;;/h8-12H,7H2,1-6H3;7-14H,1-6H3;7-8H,6H2,1-5H3;2*1H;/q-1;;-1;;;+2/p-2. The van der Waals surface area contributed by atoms with Gasteiger partial charge < -0.3 is 24.8 Å². The van der Waals surface area contributed by atoms with Crippen LogP contribution in [0, 0.1) is 13.0 Å². The van der Waals surface area contributed by atoms with Crippen molar-refractivity contribution in [2.24, 2.45) is 0 Å². The summed E-state index contributed by atoms with van der Waals surface area (Å²) < 4.78 is 1.42. The molecule has 322 valence electrons. The Labute approximate surface area is 398 Å². The maximum absolute atomic E-state index is 3.65. The van der Waals surface area contributed by atoms with Crippen molar-refractivity contribution >= 4 is 14.4 Å². The molecule has 0 spiro atoms. The molecule has 0 aromatic heterocycles. The van der Waals surface area contributed by atoms with E-state index in [1.54, 1.807) is 0 Å². The topological polar surface area (TPSA) is 0 Å². The molecule has 0 N–H and O–H groups in total. The fraction of sp³-hybridized carbons (Fsp3) is 0.414. The Morgan fingerprint density at radius 2 is 1.08 bits per heavy atom. The van der Waals surface area contributed by atoms with Gasteiger partial charge in [0.15, 0.2) is 0 Å². The van der Waals surface area contributed by atoms with Crippen LogP contribution in [0.25, 0.3) is 22.3 Å². The van der Waals surface area contributed by atoms with E-state index in [-0.39, 0.29) is 46.5 Å². The molecule has 0 radical (unpaired) electrons. The Morgan fingerprint density at radius 1 is 0.623 bits per heavy atom. The van der Waals surface area contributed by atoms with Crippen LogP contribution in [-0.4, -0.2) is 3.21 Å². The molecule has 5 aromatic rings. The third-order valence-corrected chi connectivity index (χ3v) is 14.2. The van der Waals surface area contributed by atoms with Crippen molar-refractivity contribution in [2.45, 2.75) is 158 Å². The normalized spacial score (nSPS) is 15.3. The number of allylic oxidation sites excluding steroid dienone is 4. The maximum Gasteiger partial charge on any atom is 0.00873 e. The Bertz CT molecular complexity index is 2310. The summed E-state index contributed by atoms with van der Waals surface area (Å²) in [6.07, 6.45) is 8.29. The largest absolute Gasteiger partial charge is 1.00 e. The molecule has 0 saturated heterocycles. The van der Waals surface area contributed by atoms with E-state index in [1.165, 1.54) is 122 Å². The molecular formula is C58H70Cl2Zr-2. The average Bonchev–Trinajstić information content (AvgIpc) is 3.84. The van der Waals surface area contributed by atoms with Gasteiger partial charge in [-0.25, -0.2) is 11.6 Å². The van der Waals surface area contributed by atoms with Crippen LogP contribution < -0.4 is 24.8 Å². The molecule has 0 atom stereocenters. The smallest absolute Gasteiger partial charge is 0.00873 e. The second kappa shape index (κ2) is 18.3. The fourth-order valence-electron chi connectivity index (χ4n) is 9.42. The first-order valence-electron chi connectivity index (χ1n) is 22.0. The Hall–Kier alpha value is -2.96. The summed E-state index contributed by atoms with van der Waals surface area (Å²) in [7, 11) is 0. The summed E-state index contributed by atoms with van der Waals surface area (Å²) in [5.74, 6) is 0. The van der Waals surface area contributed by atoms with E-state index < -0.39 is 0 Å². The maximum atomic E-state index is 3.65. The molecular weight excluding hydrogens is 859 g/mol. The Kier molecular flexibility index (Phi) is 15.2. The monoisotopic (exact) mass is 926 g/mol. The van der Waals surface area contributed by atoms with Gasteiger partial charge in [0.25, 0.3) is 0 Å². The number of hydrogen-bond acceptors (Lipinski definition) is 0. The van der Waals surface area contributed by atoms with Gasteiger partial charge in [0.2, 0.25) is 0 Å².